The van der Waals surface area contributed by atoms with Crippen molar-refractivity contribution < 1.29 is 39.5 Å². The summed E-state index contributed by atoms with van der Waals surface area (Å²) in [6.45, 7) is 0. The monoisotopic (exact) mass is 246 g/mol. The molecular weight excluding hydrogens is 235 g/mol. The third kappa shape index (κ3) is 3.84. The summed E-state index contributed by atoms with van der Waals surface area (Å²) in [6.07, 6.45) is 1.62. The van der Waals surface area contributed by atoms with Gasteiger partial charge in [-0.05, 0) is 17.2 Å². The molecule has 0 heterocycles. The van der Waals surface area contributed by atoms with E-state index in [0.717, 1.165) is 5.56 Å². The average molecular weight is 246 g/mol. The zero-order valence-electron chi connectivity index (χ0n) is 10.2. The van der Waals surface area contributed by atoms with E-state index in [1.165, 1.54) is 0 Å². The summed E-state index contributed by atoms with van der Waals surface area (Å²) in [5.41, 5.74) is 1.68. The van der Waals surface area contributed by atoms with Crippen LogP contribution in [0.2, 0.25) is 0 Å². The summed E-state index contributed by atoms with van der Waals surface area (Å²) in [7, 11) is 0. The third-order valence-electron chi connectivity index (χ3n) is 2.42. The molecule has 0 bridgehead atoms. The molecule has 2 aromatic carbocycles. The van der Waals surface area contributed by atoms with Gasteiger partial charge in [0, 0.05) is 5.57 Å². The van der Waals surface area contributed by atoms with Gasteiger partial charge in [0.2, 0.25) is 0 Å². The van der Waals surface area contributed by atoms with Gasteiger partial charge in [0.1, 0.15) is 0 Å². The molecule has 18 heavy (non-hydrogen) atoms. The van der Waals surface area contributed by atoms with E-state index < -0.39 is 5.97 Å². The Labute approximate surface area is 128 Å². The molecule has 0 aliphatic heterocycles. The zero-order valence-corrected chi connectivity index (χ0v) is 12.2. The molecule has 0 aliphatic carbocycles. The molecule has 0 fully saturated rings. The van der Waals surface area contributed by atoms with Crippen molar-refractivity contribution in [3.8, 4) is 0 Å². The minimum atomic E-state index is -1.17. The van der Waals surface area contributed by atoms with Crippen LogP contribution in [0.3, 0.4) is 0 Å². The maximum absolute atomic E-state index is 11.1. The van der Waals surface area contributed by atoms with Crippen molar-refractivity contribution in [1.29, 1.82) is 0 Å². The van der Waals surface area contributed by atoms with Crippen molar-refractivity contribution in [2.75, 3.05) is 0 Å². The molecular formula is C15H11NaO2. The molecule has 0 amide bonds. The summed E-state index contributed by atoms with van der Waals surface area (Å²) >= 11 is 0. The van der Waals surface area contributed by atoms with Crippen LogP contribution in [0.15, 0.2) is 60.7 Å². The standard InChI is InChI=1S/C15H12O2.Na/c16-15(17)14(13-9-5-2-6-10-13)11-12-7-3-1-4-8-12;/h1-11H,(H,16,17);/q;+1/p-1. The van der Waals surface area contributed by atoms with Crippen LogP contribution in [0.5, 0.6) is 0 Å². The van der Waals surface area contributed by atoms with Crippen LogP contribution < -0.4 is 34.7 Å². The molecule has 0 saturated carbocycles. The molecule has 3 heteroatoms. The van der Waals surface area contributed by atoms with Crippen LogP contribution in [0.4, 0.5) is 0 Å². The van der Waals surface area contributed by atoms with E-state index >= 15 is 0 Å². The van der Waals surface area contributed by atoms with Gasteiger partial charge in [-0.1, -0.05) is 60.7 Å². The van der Waals surface area contributed by atoms with Crippen LogP contribution in [0.1, 0.15) is 11.1 Å². The van der Waals surface area contributed by atoms with Crippen molar-refractivity contribution >= 4 is 17.6 Å². The third-order valence-corrected chi connectivity index (χ3v) is 2.42. The molecule has 0 aliphatic rings. The van der Waals surface area contributed by atoms with Gasteiger partial charge in [0.05, 0.1) is 5.97 Å². The smallest absolute Gasteiger partial charge is 0.545 e. The normalized spacial score (nSPS) is 10.6. The maximum Gasteiger partial charge on any atom is 1.00 e. The number of benzene rings is 2. The predicted octanol–water partition coefficient (Wildman–Crippen LogP) is -1.02. The van der Waals surface area contributed by atoms with Gasteiger partial charge in [-0.3, -0.25) is 0 Å². The van der Waals surface area contributed by atoms with Crippen LogP contribution in [0, 0.1) is 0 Å². The van der Waals surface area contributed by atoms with E-state index in [2.05, 4.69) is 0 Å². The molecule has 84 valence electrons. The fraction of sp³-hybridized carbons (Fsp3) is 0. The first kappa shape index (κ1) is 14.7. The number of hydrogen-bond donors (Lipinski definition) is 0. The van der Waals surface area contributed by atoms with E-state index in [-0.39, 0.29) is 35.1 Å². The van der Waals surface area contributed by atoms with Crippen LogP contribution in [-0.4, -0.2) is 5.97 Å². The van der Waals surface area contributed by atoms with Gasteiger partial charge in [0.25, 0.3) is 0 Å². The molecule has 0 saturated heterocycles. The summed E-state index contributed by atoms with van der Waals surface area (Å²) < 4.78 is 0. The molecule has 0 spiro atoms. The first-order chi connectivity index (χ1) is 8.27. The Hall–Kier alpha value is -1.35. The van der Waals surface area contributed by atoms with Crippen molar-refractivity contribution in [3.05, 3.63) is 71.8 Å². The molecule has 2 nitrogen and oxygen atoms in total. The number of carboxylic acids is 1. The fourth-order valence-electron chi connectivity index (χ4n) is 1.59. The largest absolute Gasteiger partial charge is 1.00 e. The topological polar surface area (TPSA) is 40.1 Å². The van der Waals surface area contributed by atoms with Gasteiger partial charge >= 0.3 is 29.6 Å². The Kier molecular flexibility index (Phi) is 5.86. The Bertz CT molecular complexity index is 533. The summed E-state index contributed by atoms with van der Waals surface area (Å²) in [6, 6.07) is 18.3. The fourth-order valence-corrected chi connectivity index (χ4v) is 1.59. The van der Waals surface area contributed by atoms with E-state index in [1.807, 2.05) is 36.4 Å². The Morgan fingerprint density at radius 2 is 1.39 bits per heavy atom. The second-order valence-corrected chi connectivity index (χ2v) is 3.62. The SMILES string of the molecule is O=C([O-])C(=Cc1ccccc1)c1ccccc1.[Na+]. The van der Waals surface area contributed by atoms with E-state index in [0.29, 0.717) is 5.56 Å². The molecule has 2 rings (SSSR count). The van der Waals surface area contributed by atoms with Crippen molar-refractivity contribution in [2.45, 2.75) is 0 Å². The molecule has 2 aromatic rings. The minimum absolute atomic E-state index is 0. The molecule has 0 atom stereocenters. The van der Waals surface area contributed by atoms with Crippen molar-refractivity contribution in [2.24, 2.45) is 0 Å². The average Bonchev–Trinajstić information content (AvgIpc) is 2.38. The van der Waals surface area contributed by atoms with Crippen LogP contribution >= 0.6 is 0 Å². The molecule has 0 aromatic heterocycles. The Balaban J connectivity index is 0.00000162. The number of carbonyl (C=O) groups is 1. The van der Waals surface area contributed by atoms with Gasteiger partial charge in [0.15, 0.2) is 0 Å². The van der Waals surface area contributed by atoms with Crippen molar-refractivity contribution in [1.82, 2.24) is 0 Å². The van der Waals surface area contributed by atoms with E-state index in [9.17, 15) is 9.90 Å². The summed E-state index contributed by atoms with van der Waals surface area (Å²) in [5, 5.41) is 11.1. The number of hydrogen-bond acceptors (Lipinski definition) is 2. The van der Waals surface area contributed by atoms with E-state index in [1.54, 1.807) is 30.3 Å². The summed E-state index contributed by atoms with van der Waals surface area (Å²) in [5.74, 6) is -1.17. The first-order valence-electron chi connectivity index (χ1n) is 5.31. The van der Waals surface area contributed by atoms with Crippen LogP contribution in [0.25, 0.3) is 11.6 Å². The van der Waals surface area contributed by atoms with E-state index in [4.69, 9.17) is 0 Å². The Morgan fingerprint density at radius 1 is 0.889 bits per heavy atom. The second kappa shape index (κ2) is 7.17. The quantitative estimate of drug-likeness (QED) is 0.395. The molecule has 0 radical (unpaired) electrons. The number of carbonyl (C=O) groups excluding carboxylic acids is 1. The van der Waals surface area contributed by atoms with Gasteiger partial charge in [-0.25, -0.2) is 0 Å². The first-order valence-corrected chi connectivity index (χ1v) is 5.31. The molecule has 0 N–H and O–H groups in total. The van der Waals surface area contributed by atoms with Gasteiger partial charge in [-0.15, -0.1) is 0 Å². The van der Waals surface area contributed by atoms with Gasteiger partial charge < -0.3 is 9.90 Å². The zero-order chi connectivity index (χ0) is 12.1. The molecule has 0 unspecified atom stereocenters. The maximum atomic E-state index is 11.1. The number of rotatable bonds is 3. The summed E-state index contributed by atoms with van der Waals surface area (Å²) in [4.78, 5) is 11.1. The van der Waals surface area contributed by atoms with Gasteiger partial charge in [-0.2, -0.15) is 0 Å². The second-order valence-electron chi connectivity index (χ2n) is 3.62. The minimum Gasteiger partial charge on any atom is -0.545 e. The predicted molar refractivity (Wildman–Crippen MR) is 65.8 cm³/mol. The van der Waals surface area contributed by atoms with Crippen LogP contribution in [-0.2, 0) is 4.79 Å². The number of aliphatic carboxylic acids is 1. The Morgan fingerprint density at radius 3 is 1.89 bits per heavy atom. The number of carboxylic acid groups (broad SMARTS) is 1. The van der Waals surface area contributed by atoms with Crippen molar-refractivity contribution in [3.63, 3.8) is 0 Å².